The molecule has 3 fully saturated rings. The normalized spacial score (nSPS) is 32.4. The zero-order chi connectivity index (χ0) is 13.5. The number of carbonyl (C=O) groups is 1. The number of amides is 1. The highest BCUT2D eigenvalue weighted by atomic mass is 35.5. The number of hydrogen-bond acceptors (Lipinski definition) is 3. The smallest absolute Gasteiger partial charge is 0.226 e. The lowest BCUT2D eigenvalue weighted by molar-refractivity contribution is -0.182. The summed E-state index contributed by atoms with van der Waals surface area (Å²) in [6.45, 7) is 2.11. The lowest BCUT2D eigenvalue weighted by atomic mass is 9.85. The largest absolute Gasteiger partial charge is 0.355 e. The highest BCUT2D eigenvalue weighted by Crippen LogP contribution is 2.53. The molecule has 108 valence electrons. The van der Waals surface area contributed by atoms with Crippen LogP contribution in [0.4, 0.5) is 0 Å². The van der Waals surface area contributed by atoms with Crippen molar-refractivity contribution >= 4 is 29.1 Å². The van der Waals surface area contributed by atoms with Gasteiger partial charge in [0.05, 0.1) is 19.1 Å². The third kappa shape index (κ3) is 3.02. The van der Waals surface area contributed by atoms with Gasteiger partial charge in [0.25, 0.3) is 0 Å². The number of carbonyl (C=O) groups excluding carboxylic acids is 1. The maximum Gasteiger partial charge on any atom is 0.226 e. The molecule has 1 spiro atoms. The minimum absolute atomic E-state index is 0.0151. The van der Waals surface area contributed by atoms with Crippen LogP contribution in [0, 0.1) is 11.8 Å². The highest BCUT2D eigenvalue weighted by Gasteiger charge is 2.56. The second kappa shape index (κ2) is 5.06. The van der Waals surface area contributed by atoms with E-state index in [0.29, 0.717) is 32.1 Å². The first-order valence-corrected chi connectivity index (χ1v) is 7.70. The molecule has 1 heterocycles. The van der Waals surface area contributed by atoms with Gasteiger partial charge in [-0.15, -0.1) is 23.2 Å². The average molecular weight is 308 g/mol. The van der Waals surface area contributed by atoms with Gasteiger partial charge in [0, 0.05) is 19.4 Å². The SMILES string of the molecule is O=C(NCC1CCC2(CC1)OCCO2)[C@H]1CC1(Cl)Cl. The van der Waals surface area contributed by atoms with E-state index in [9.17, 15) is 4.79 Å². The van der Waals surface area contributed by atoms with E-state index in [0.717, 1.165) is 25.7 Å². The number of alkyl halides is 2. The summed E-state index contributed by atoms with van der Waals surface area (Å²) in [6.07, 6.45) is 4.46. The molecule has 0 radical (unpaired) electrons. The summed E-state index contributed by atoms with van der Waals surface area (Å²) >= 11 is 11.8. The Morgan fingerprint density at radius 3 is 2.32 bits per heavy atom. The third-order valence-corrected chi connectivity index (χ3v) is 5.22. The summed E-state index contributed by atoms with van der Waals surface area (Å²) in [5, 5.41) is 2.96. The minimum Gasteiger partial charge on any atom is -0.355 e. The number of ether oxygens (including phenoxy) is 2. The molecule has 0 bridgehead atoms. The quantitative estimate of drug-likeness (QED) is 0.813. The molecule has 6 heteroatoms. The number of halogens is 2. The molecule has 0 unspecified atom stereocenters. The van der Waals surface area contributed by atoms with Gasteiger partial charge in [-0.3, -0.25) is 4.79 Å². The van der Waals surface area contributed by atoms with Crippen molar-refractivity contribution in [2.75, 3.05) is 19.8 Å². The van der Waals surface area contributed by atoms with Crippen LogP contribution >= 0.6 is 23.2 Å². The maximum atomic E-state index is 11.8. The fourth-order valence-corrected chi connectivity index (χ4v) is 3.48. The van der Waals surface area contributed by atoms with E-state index >= 15 is 0 Å². The van der Waals surface area contributed by atoms with E-state index in [1.165, 1.54) is 0 Å². The Morgan fingerprint density at radius 1 is 1.21 bits per heavy atom. The van der Waals surface area contributed by atoms with Crippen LogP contribution in [-0.2, 0) is 14.3 Å². The van der Waals surface area contributed by atoms with Gasteiger partial charge in [0.1, 0.15) is 4.33 Å². The highest BCUT2D eigenvalue weighted by molar-refractivity contribution is 6.52. The second-order valence-electron chi connectivity index (χ2n) is 5.81. The van der Waals surface area contributed by atoms with Crippen LogP contribution in [0.2, 0.25) is 0 Å². The van der Waals surface area contributed by atoms with Gasteiger partial charge in [-0.25, -0.2) is 0 Å². The zero-order valence-corrected chi connectivity index (χ0v) is 12.3. The van der Waals surface area contributed by atoms with Gasteiger partial charge in [0.15, 0.2) is 5.79 Å². The molecule has 0 aromatic rings. The van der Waals surface area contributed by atoms with Crippen molar-refractivity contribution in [1.29, 1.82) is 0 Å². The summed E-state index contributed by atoms with van der Waals surface area (Å²) < 4.78 is 10.5. The van der Waals surface area contributed by atoms with Crippen molar-refractivity contribution in [1.82, 2.24) is 5.32 Å². The summed E-state index contributed by atoms with van der Waals surface area (Å²) in [5.41, 5.74) is 0. The van der Waals surface area contributed by atoms with Gasteiger partial charge >= 0.3 is 0 Å². The Bertz CT molecular complexity index is 359. The fraction of sp³-hybridized carbons (Fsp3) is 0.923. The van der Waals surface area contributed by atoms with Crippen LogP contribution in [0.15, 0.2) is 0 Å². The van der Waals surface area contributed by atoms with Crippen molar-refractivity contribution < 1.29 is 14.3 Å². The zero-order valence-electron chi connectivity index (χ0n) is 10.8. The third-order valence-electron chi connectivity index (χ3n) is 4.39. The predicted octanol–water partition coefficient (Wildman–Crippen LogP) is 2.23. The molecule has 1 N–H and O–H groups in total. The van der Waals surface area contributed by atoms with Crippen molar-refractivity contribution in [2.24, 2.45) is 11.8 Å². The summed E-state index contributed by atoms with van der Waals surface area (Å²) in [5.74, 6) is -0.0644. The van der Waals surface area contributed by atoms with Gasteiger partial charge in [-0.2, -0.15) is 0 Å². The average Bonchev–Trinajstić information content (AvgIpc) is 2.82. The molecule has 1 atom stereocenters. The summed E-state index contributed by atoms with van der Waals surface area (Å²) in [6, 6.07) is 0. The first-order valence-electron chi connectivity index (χ1n) is 6.94. The van der Waals surface area contributed by atoms with Crippen LogP contribution in [0.3, 0.4) is 0 Å². The molecule has 2 saturated carbocycles. The molecule has 0 aromatic heterocycles. The van der Waals surface area contributed by atoms with E-state index < -0.39 is 4.33 Å². The first kappa shape index (κ1) is 13.9. The van der Waals surface area contributed by atoms with Crippen LogP contribution in [0.5, 0.6) is 0 Å². The Kier molecular flexibility index (Phi) is 3.71. The van der Waals surface area contributed by atoms with Crippen molar-refractivity contribution in [3.8, 4) is 0 Å². The van der Waals surface area contributed by atoms with Crippen molar-refractivity contribution in [3.63, 3.8) is 0 Å². The molecular formula is C13H19Cl2NO3. The monoisotopic (exact) mass is 307 g/mol. The molecule has 0 aromatic carbocycles. The van der Waals surface area contributed by atoms with Crippen molar-refractivity contribution in [2.45, 2.75) is 42.2 Å². The standard InChI is InChI=1S/C13H19Cl2NO3/c14-13(15)7-10(13)11(17)16-8-9-1-3-12(4-2-9)18-5-6-19-12/h9-10H,1-8H2,(H,16,17)/t10-/m1/s1. The van der Waals surface area contributed by atoms with Gasteiger partial charge in [0.2, 0.25) is 5.91 Å². The Hall–Kier alpha value is -0.0300. The molecule has 4 nitrogen and oxygen atoms in total. The molecule has 1 saturated heterocycles. The summed E-state index contributed by atoms with van der Waals surface area (Å²) in [7, 11) is 0. The number of rotatable bonds is 3. The molecule has 3 aliphatic rings. The van der Waals surface area contributed by atoms with E-state index in [-0.39, 0.29) is 17.6 Å². The van der Waals surface area contributed by atoms with Crippen molar-refractivity contribution in [3.05, 3.63) is 0 Å². The van der Waals surface area contributed by atoms with E-state index in [2.05, 4.69) is 5.32 Å². The number of hydrogen-bond donors (Lipinski definition) is 1. The van der Waals surface area contributed by atoms with E-state index in [4.69, 9.17) is 32.7 Å². The first-order chi connectivity index (χ1) is 9.01. The lowest BCUT2D eigenvalue weighted by Gasteiger charge is -2.35. The lowest BCUT2D eigenvalue weighted by Crippen LogP contribution is -2.39. The fourth-order valence-electron chi connectivity index (χ4n) is 2.97. The Balaban J connectivity index is 1.39. The molecule has 1 amide bonds. The second-order valence-corrected chi connectivity index (χ2v) is 7.36. The Labute approximate surface area is 123 Å². The molecule has 19 heavy (non-hydrogen) atoms. The van der Waals surface area contributed by atoms with Gasteiger partial charge in [-0.05, 0) is 25.2 Å². The molecule has 3 rings (SSSR count). The topological polar surface area (TPSA) is 47.6 Å². The predicted molar refractivity (Wildman–Crippen MR) is 72.1 cm³/mol. The minimum atomic E-state index is -0.827. The van der Waals surface area contributed by atoms with Crippen LogP contribution in [0.25, 0.3) is 0 Å². The Morgan fingerprint density at radius 2 is 1.79 bits per heavy atom. The van der Waals surface area contributed by atoms with Crippen LogP contribution < -0.4 is 5.32 Å². The number of nitrogens with one attached hydrogen (secondary N) is 1. The maximum absolute atomic E-state index is 11.8. The van der Waals surface area contributed by atoms with Gasteiger partial charge in [-0.1, -0.05) is 0 Å². The van der Waals surface area contributed by atoms with Gasteiger partial charge < -0.3 is 14.8 Å². The van der Waals surface area contributed by atoms with Crippen LogP contribution in [-0.4, -0.2) is 35.8 Å². The van der Waals surface area contributed by atoms with E-state index in [1.54, 1.807) is 0 Å². The molecule has 1 aliphatic heterocycles. The molecule has 2 aliphatic carbocycles. The van der Waals surface area contributed by atoms with Crippen LogP contribution in [0.1, 0.15) is 32.1 Å². The van der Waals surface area contributed by atoms with E-state index in [1.807, 2.05) is 0 Å². The summed E-state index contributed by atoms with van der Waals surface area (Å²) in [4.78, 5) is 11.8. The molecular weight excluding hydrogens is 289 g/mol.